The van der Waals surface area contributed by atoms with Crippen molar-refractivity contribution >= 4 is 5.69 Å². The molecule has 1 aliphatic heterocycles. The van der Waals surface area contributed by atoms with Crippen molar-refractivity contribution in [1.29, 1.82) is 0 Å². The van der Waals surface area contributed by atoms with Gasteiger partial charge in [-0.15, -0.1) is 0 Å². The van der Waals surface area contributed by atoms with Gasteiger partial charge in [0.25, 0.3) is 0 Å². The van der Waals surface area contributed by atoms with Gasteiger partial charge in [0.1, 0.15) is 12.2 Å². The highest BCUT2D eigenvalue weighted by molar-refractivity contribution is 5.55. The zero-order chi connectivity index (χ0) is 19.4. The number of rotatable bonds is 6. The molecule has 5 nitrogen and oxygen atoms in total. The van der Waals surface area contributed by atoms with E-state index >= 15 is 0 Å². The summed E-state index contributed by atoms with van der Waals surface area (Å²) in [6.45, 7) is 4.87. The monoisotopic (exact) mass is 381 g/mol. The maximum atomic E-state index is 13.3. The fraction of sp³-hybridized carbons (Fsp3) is 0.579. The zero-order valence-corrected chi connectivity index (χ0v) is 15.8. The van der Waals surface area contributed by atoms with Gasteiger partial charge in [0.05, 0.1) is 12.1 Å². The number of hydrogen-bond acceptors (Lipinski definition) is 4. The van der Waals surface area contributed by atoms with Crippen LogP contribution in [0.25, 0.3) is 0 Å². The van der Waals surface area contributed by atoms with Gasteiger partial charge in [-0.1, -0.05) is 19.1 Å². The minimum Gasteiger partial charge on any atom is -0.371 e. The third kappa shape index (κ3) is 4.61. The lowest BCUT2D eigenvalue weighted by Gasteiger charge is -2.38. The highest BCUT2D eigenvalue weighted by Gasteiger charge is 2.35. The first kappa shape index (κ1) is 19.7. The fourth-order valence-corrected chi connectivity index (χ4v) is 3.70. The maximum absolute atomic E-state index is 13.3. The molecule has 1 aromatic heterocycles. The van der Waals surface area contributed by atoms with Gasteiger partial charge < -0.3 is 4.90 Å². The summed E-state index contributed by atoms with van der Waals surface area (Å²) in [5.74, 6) is 0.934. The third-order valence-electron chi connectivity index (χ3n) is 5.16. The molecule has 0 spiro atoms. The van der Waals surface area contributed by atoms with Crippen LogP contribution >= 0.6 is 0 Å². The van der Waals surface area contributed by atoms with Crippen LogP contribution in [0, 0.1) is 0 Å². The highest BCUT2D eigenvalue weighted by atomic mass is 19.4. The van der Waals surface area contributed by atoms with Gasteiger partial charge in [-0.3, -0.25) is 4.90 Å². The summed E-state index contributed by atoms with van der Waals surface area (Å²) in [6.07, 6.45) is -0.102. The number of benzene rings is 1. The number of nitrogens with zero attached hydrogens (tertiary/aromatic N) is 5. The maximum Gasteiger partial charge on any atom is 0.418 e. The molecule has 27 heavy (non-hydrogen) atoms. The van der Waals surface area contributed by atoms with Crippen molar-refractivity contribution in [1.82, 2.24) is 19.7 Å². The lowest BCUT2D eigenvalue weighted by Crippen LogP contribution is -2.44. The van der Waals surface area contributed by atoms with Gasteiger partial charge in [0.15, 0.2) is 0 Å². The molecule has 148 valence electrons. The predicted octanol–water partition coefficient (Wildman–Crippen LogP) is 3.81. The molecule has 0 radical (unpaired) electrons. The molecule has 0 aliphatic carbocycles. The Morgan fingerprint density at radius 1 is 1.19 bits per heavy atom. The summed E-state index contributed by atoms with van der Waals surface area (Å²) in [5.41, 5.74) is -0.265. The third-order valence-corrected chi connectivity index (χ3v) is 5.16. The van der Waals surface area contributed by atoms with Crippen LogP contribution in [0.5, 0.6) is 0 Å². The molecule has 0 unspecified atom stereocenters. The van der Waals surface area contributed by atoms with Crippen LogP contribution in [0.2, 0.25) is 0 Å². The SMILES string of the molecule is CCCn1ncnc1CN(C)C1CCN(c2ccccc2C(F)(F)F)CC1. The van der Waals surface area contributed by atoms with Crippen LogP contribution in [-0.4, -0.2) is 45.8 Å². The van der Waals surface area contributed by atoms with E-state index in [4.69, 9.17) is 0 Å². The lowest BCUT2D eigenvalue weighted by molar-refractivity contribution is -0.137. The van der Waals surface area contributed by atoms with Crippen molar-refractivity contribution in [2.24, 2.45) is 0 Å². The van der Waals surface area contributed by atoms with Gasteiger partial charge in [0.2, 0.25) is 0 Å². The standard InChI is InChI=1S/C19H26F3N5/c1-3-10-27-18(23-14-24-27)13-25(2)15-8-11-26(12-9-15)17-7-5-4-6-16(17)19(20,21)22/h4-7,14-15H,3,8-13H2,1-2H3. The van der Waals surface area contributed by atoms with E-state index < -0.39 is 11.7 Å². The van der Waals surface area contributed by atoms with Crippen LogP contribution in [0.4, 0.5) is 18.9 Å². The number of hydrogen-bond donors (Lipinski definition) is 0. The molecular formula is C19H26F3N5. The first-order valence-corrected chi connectivity index (χ1v) is 9.38. The van der Waals surface area contributed by atoms with Crippen LogP contribution in [0.15, 0.2) is 30.6 Å². The van der Waals surface area contributed by atoms with Crippen molar-refractivity contribution in [2.75, 3.05) is 25.0 Å². The van der Waals surface area contributed by atoms with E-state index in [1.165, 1.54) is 6.07 Å². The average molecular weight is 381 g/mol. The Morgan fingerprint density at radius 3 is 2.56 bits per heavy atom. The molecule has 0 saturated carbocycles. The van der Waals surface area contributed by atoms with E-state index in [-0.39, 0.29) is 5.69 Å². The van der Waals surface area contributed by atoms with Crippen molar-refractivity contribution in [2.45, 2.75) is 51.5 Å². The lowest BCUT2D eigenvalue weighted by atomic mass is 10.0. The van der Waals surface area contributed by atoms with Crippen molar-refractivity contribution < 1.29 is 13.2 Å². The predicted molar refractivity (Wildman–Crippen MR) is 98.5 cm³/mol. The topological polar surface area (TPSA) is 37.2 Å². The number of aryl methyl sites for hydroxylation is 1. The van der Waals surface area contributed by atoms with Gasteiger partial charge >= 0.3 is 6.18 Å². The van der Waals surface area contributed by atoms with Crippen LogP contribution in [-0.2, 0) is 19.3 Å². The second-order valence-corrected chi connectivity index (χ2v) is 7.05. The fourth-order valence-electron chi connectivity index (χ4n) is 3.70. The molecule has 0 bridgehead atoms. The molecule has 1 fully saturated rings. The number of para-hydroxylation sites is 1. The highest BCUT2D eigenvalue weighted by Crippen LogP contribution is 2.37. The van der Waals surface area contributed by atoms with Crippen molar-refractivity contribution in [3.63, 3.8) is 0 Å². The molecule has 0 atom stereocenters. The smallest absolute Gasteiger partial charge is 0.371 e. The largest absolute Gasteiger partial charge is 0.418 e. The first-order valence-electron chi connectivity index (χ1n) is 9.38. The molecular weight excluding hydrogens is 355 g/mol. The van der Waals surface area contributed by atoms with E-state index in [0.717, 1.165) is 37.7 Å². The molecule has 2 aromatic rings. The minimum absolute atomic E-state index is 0.286. The Kier molecular flexibility index (Phi) is 6.04. The van der Waals surface area contributed by atoms with Gasteiger partial charge in [-0.2, -0.15) is 18.3 Å². The van der Waals surface area contributed by atoms with E-state index in [0.29, 0.717) is 25.7 Å². The molecule has 1 aromatic carbocycles. The van der Waals surface area contributed by atoms with Crippen molar-refractivity contribution in [3.8, 4) is 0 Å². The average Bonchev–Trinajstić information content (AvgIpc) is 3.08. The second kappa shape index (κ2) is 8.29. The number of alkyl halides is 3. The summed E-state index contributed by atoms with van der Waals surface area (Å²) in [4.78, 5) is 8.44. The van der Waals surface area contributed by atoms with Gasteiger partial charge in [-0.05, 0) is 38.4 Å². The summed E-state index contributed by atoms with van der Waals surface area (Å²) in [5, 5.41) is 4.25. The van der Waals surface area contributed by atoms with Crippen LogP contribution in [0.3, 0.4) is 0 Å². The molecule has 2 heterocycles. The van der Waals surface area contributed by atoms with Crippen LogP contribution < -0.4 is 4.90 Å². The molecule has 1 saturated heterocycles. The Morgan fingerprint density at radius 2 is 1.89 bits per heavy atom. The number of aromatic nitrogens is 3. The van der Waals surface area contributed by atoms with E-state index in [1.54, 1.807) is 18.5 Å². The second-order valence-electron chi connectivity index (χ2n) is 7.05. The molecule has 0 amide bonds. The Labute approximate surface area is 157 Å². The van der Waals surface area contributed by atoms with Crippen LogP contribution in [0.1, 0.15) is 37.6 Å². The minimum atomic E-state index is -4.33. The molecule has 0 N–H and O–H groups in total. The summed E-state index contributed by atoms with van der Waals surface area (Å²) in [6, 6.07) is 6.17. The number of piperidine rings is 1. The molecule has 8 heteroatoms. The van der Waals surface area contributed by atoms with Gasteiger partial charge in [0, 0.05) is 31.4 Å². The van der Waals surface area contributed by atoms with E-state index in [9.17, 15) is 13.2 Å². The Balaban J connectivity index is 1.61. The number of halogens is 3. The normalized spacial score (nSPS) is 16.3. The van der Waals surface area contributed by atoms with E-state index in [2.05, 4.69) is 29.0 Å². The van der Waals surface area contributed by atoms with E-state index in [1.807, 2.05) is 9.58 Å². The van der Waals surface area contributed by atoms with Crippen molar-refractivity contribution in [3.05, 3.63) is 42.0 Å². The zero-order valence-electron chi connectivity index (χ0n) is 15.8. The summed E-state index contributed by atoms with van der Waals surface area (Å²) < 4.78 is 41.7. The Hall–Kier alpha value is -2.09. The summed E-state index contributed by atoms with van der Waals surface area (Å²) in [7, 11) is 2.05. The molecule has 1 aliphatic rings. The Bertz CT molecular complexity index is 735. The first-order chi connectivity index (χ1) is 12.9. The number of anilines is 1. The molecule has 3 rings (SSSR count). The quantitative estimate of drug-likeness (QED) is 0.763. The summed E-state index contributed by atoms with van der Waals surface area (Å²) >= 11 is 0. The van der Waals surface area contributed by atoms with Gasteiger partial charge in [-0.25, -0.2) is 9.67 Å².